The molecule has 42 heavy (non-hydrogen) atoms. The van der Waals surface area contributed by atoms with Crippen LogP contribution in [0.25, 0.3) is 0 Å². The molecule has 5 radical (unpaired) electrons. The third-order valence-electron chi connectivity index (χ3n) is 6.12. The number of rotatable bonds is 8. The first-order chi connectivity index (χ1) is 20.4. The number of carbonyl (C=O) groups is 1. The Bertz CT molecular complexity index is 1120. The summed E-state index contributed by atoms with van der Waals surface area (Å²) in [4.78, 5) is 11.3. The van der Waals surface area contributed by atoms with E-state index in [-0.39, 0.29) is 21.8 Å². The normalized spacial score (nSPS) is 13.1. The van der Waals surface area contributed by atoms with Gasteiger partial charge in [0, 0.05) is 0 Å². The molecule has 1 fully saturated rings. The summed E-state index contributed by atoms with van der Waals surface area (Å²) in [6, 6.07) is 44.2. The zero-order chi connectivity index (χ0) is 30.2. The van der Waals surface area contributed by atoms with Gasteiger partial charge in [0.05, 0.1) is 5.92 Å². The molecule has 0 aromatic heterocycles. The molecule has 4 aromatic carbocycles. The molecule has 0 unspecified atom stereocenters. The van der Waals surface area contributed by atoms with E-state index < -0.39 is 5.60 Å². The summed E-state index contributed by atoms with van der Waals surface area (Å²) in [5, 5.41) is 5.89. The standard InChI is InChI=1S/C26H24P2.C10H13O2.ClH.Ru/c1-5-13-23(14-6-1)27(24-15-7-2-8-16-24)21-22-28(25-17-9-3-10-18-25)26-19-11-4-12-20-26;1-10(2,3)12-9(11)8-6-4-5-7-8;;/h1-20H,21-22H2;4-7H,1-3H3;1H;/q;;;+2/p-1. The fraction of sp³-hybridized carbons (Fsp3) is 0.167. The Morgan fingerprint density at radius 1 is 0.595 bits per heavy atom. The van der Waals surface area contributed by atoms with Crippen molar-refractivity contribution in [2.75, 3.05) is 12.3 Å². The van der Waals surface area contributed by atoms with Crippen LogP contribution in [0.5, 0.6) is 0 Å². The summed E-state index contributed by atoms with van der Waals surface area (Å²) in [6.45, 7) is 5.56. The summed E-state index contributed by atoms with van der Waals surface area (Å²) in [7, 11) is 3.87. The van der Waals surface area contributed by atoms with Gasteiger partial charge in [0.2, 0.25) is 0 Å². The molecule has 5 rings (SSSR count). The van der Waals surface area contributed by atoms with Crippen molar-refractivity contribution < 1.29 is 26.8 Å². The average molecular weight is 700 g/mol. The van der Waals surface area contributed by atoms with Gasteiger partial charge >= 0.3 is 33.0 Å². The fourth-order valence-corrected chi connectivity index (χ4v) is 9.65. The van der Waals surface area contributed by atoms with Gasteiger partial charge in [-0.3, -0.25) is 4.79 Å². The first-order valence-corrected chi connectivity index (χ1v) is 19.0. The van der Waals surface area contributed by atoms with Crippen molar-refractivity contribution in [2.24, 2.45) is 0 Å². The second kappa shape index (κ2) is 18.7. The first kappa shape index (κ1) is 34.6. The zero-order valence-corrected chi connectivity index (χ0v) is 28.5. The van der Waals surface area contributed by atoms with Crippen molar-refractivity contribution in [1.82, 2.24) is 0 Å². The van der Waals surface area contributed by atoms with Gasteiger partial charge in [0.25, 0.3) is 0 Å². The number of ether oxygens (including phenoxy) is 1. The summed E-state index contributed by atoms with van der Waals surface area (Å²) in [6.07, 6.45) is 9.54. The quantitative estimate of drug-likeness (QED) is 0.107. The van der Waals surface area contributed by atoms with Gasteiger partial charge in [-0.25, -0.2) is 0 Å². The van der Waals surface area contributed by atoms with E-state index in [1.165, 1.54) is 33.5 Å². The van der Waals surface area contributed by atoms with Crippen LogP contribution >= 0.6 is 25.5 Å². The smallest absolute Gasteiger partial charge is 0.0195 e. The topological polar surface area (TPSA) is 26.3 Å². The molecular weight excluding hydrogens is 663 g/mol. The predicted octanol–water partition coefficient (Wildman–Crippen LogP) is 7.67. The number of halogens is 1. The van der Waals surface area contributed by atoms with Crippen LogP contribution in [0.2, 0.25) is 0 Å². The van der Waals surface area contributed by atoms with Crippen molar-refractivity contribution >= 4 is 52.7 Å². The Morgan fingerprint density at radius 2 is 0.881 bits per heavy atom. The summed E-state index contributed by atoms with van der Waals surface area (Å²) in [5.41, 5.74) is -0.408. The van der Waals surface area contributed by atoms with Crippen LogP contribution in [-0.2, 0) is 26.8 Å². The predicted molar refractivity (Wildman–Crippen MR) is 180 cm³/mol. The van der Waals surface area contributed by atoms with Crippen LogP contribution in [0.4, 0.5) is 0 Å². The van der Waals surface area contributed by atoms with E-state index in [2.05, 4.69) is 131 Å². The molecule has 1 saturated carbocycles. The van der Waals surface area contributed by atoms with Crippen LogP contribution in [0.15, 0.2) is 121 Å². The van der Waals surface area contributed by atoms with E-state index >= 15 is 0 Å². The van der Waals surface area contributed by atoms with E-state index in [0.29, 0.717) is 5.92 Å². The molecule has 0 amide bonds. The Kier molecular flexibility index (Phi) is 15.4. The van der Waals surface area contributed by atoms with Crippen LogP contribution in [0, 0.1) is 31.6 Å². The Hall–Kier alpha value is -1.88. The van der Waals surface area contributed by atoms with Crippen molar-refractivity contribution in [2.45, 2.75) is 26.4 Å². The molecule has 0 bridgehead atoms. The minimum absolute atomic E-state index is 0.257. The molecule has 1 aliphatic carbocycles. The maximum absolute atomic E-state index is 11.3. The fourth-order valence-electron chi connectivity index (χ4n) is 4.29. The number of carbonyl (C=O) groups excluding carboxylic acids is 1. The van der Waals surface area contributed by atoms with Gasteiger partial charge in [-0.2, -0.15) is 0 Å². The molecule has 2 nitrogen and oxygen atoms in total. The second-order valence-corrected chi connectivity index (χ2v) is 15.0. The van der Waals surface area contributed by atoms with Crippen molar-refractivity contribution in [3.8, 4) is 0 Å². The minimum Gasteiger partial charge on any atom is -0.0622 e. The van der Waals surface area contributed by atoms with E-state index in [1.807, 2.05) is 50.9 Å². The third kappa shape index (κ3) is 11.7. The number of hydrogen-bond donors (Lipinski definition) is 0. The molecule has 0 atom stereocenters. The zero-order valence-electron chi connectivity index (χ0n) is 24.2. The van der Waals surface area contributed by atoms with Gasteiger partial charge in [-0.1, -0.05) is 121 Å². The molecule has 0 heterocycles. The van der Waals surface area contributed by atoms with Gasteiger partial charge in [-0.05, 0) is 95.8 Å². The SMILES string of the molecule is CC(C)(C)OC(=O)[C]1[CH][CH][CH][CH]1.[Cl][Ru+].c1ccc(P(CCP(c2ccccc2)c2ccccc2)c2ccccc2)cc1. The maximum atomic E-state index is 11.3. The van der Waals surface area contributed by atoms with Crippen molar-refractivity contribution in [1.29, 1.82) is 0 Å². The summed E-state index contributed by atoms with van der Waals surface area (Å²) in [5.74, 6) is 0.359. The molecule has 1 aliphatic rings. The monoisotopic (exact) mass is 700 g/mol. The van der Waals surface area contributed by atoms with Crippen LogP contribution in [-0.4, -0.2) is 23.9 Å². The number of benzene rings is 4. The van der Waals surface area contributed by atoms with E-state index in [4.69, 9.17) is 4.74 Å². The molecule has 4 aromatic rings. The molecule has 0 spiro atoms. The third-order valence-corrected chi connectivity index (χ3v) is 11.5. The Labute approximate surface area is 269 Å². The average Bonchev–Trinajstić information content (AvgIpc) is 3.58. The van der Waals surface area contributed by atoms with Gasteiger partial charge in [-0.15, -0.1) is 0 Å². The van der Waals surface area contributed by atoms with E-state index in [1.54, 1.807) is 12.8 Å². The number of esters is 1. The Balaban J connectivity index is 0.000000290. The maximum Gasteiger partial charge on any atom is -0.0195 e. The summed E-state index contributed by atoms with van der Waals surface area (Å²) >= 11 is 1.82. The molecule has 217 valence electrons. The van der Waals surface area contributed by atoms with Crippen molar-refractivity contribution in [3.05, 3.63) is 153 Å². The van der Waals surface area contributed by atoms with Crippen LogP contribution in [0.1, 0.15) is 20.8 Å². The second-order valence-electron chi connectivity index (χ2n) is 10.3. The van der Waals surface area contributed by atoms with Gasteiger partial charge < -0.3 is 4.74 Å². The molecule has 0 N–H and O–H groups in total. The molecular formula is C36H37ClO2P2Ru+. The van der Waals surface area contributed by atoms with Gasteiger partial charge in [0.1, 0.15) is 5.60 Å². The van der Waals surface area contributed by atoms with Crippen LogP contribution < -0.4 is 21.2 Å². The van der Waals surface area contributed by atoms with Gasteiger partial charge in [0.15, 0.2) is 0 Å². The van der Waals surface area contributed by atoms with E-state index in [0.717, 1.165) is 0 Å². The summed E-state index contributed by atoms with van der Waals surface area (Å²) < 4.78 is 5.14. The van der Waals surface area contributed by atoms with E-state index in [9.17, 15) is 4.79 Å². The van der Waals surface area contributed by atoms with Crippen molar-refractivity contribution in [3.63, 3.8) is 0 Å². The molecule has 0 aliphatic heterocycles. The Morgan fingerprint density at radius 3 is 1.14 bits per heavy atom. The number of hydrogen-bond acceptors (Lipinski definition) is 2. The minimum atomic E-state index is -0.408. The largest absolute Gasteiger partial charge is 0.0622 e. The van der Waals surface area contributed by atoms with Crippen LogP contribution in [0.3, 0.4) is 0 Å². The first-order valence-electron chi connectivity index (χ1n) is 13.7. The molecule has 6 heteroatoms. The molecule has 0 saturated heterocycles.